The van der Waals surface area contributed by atoms with Gasteiger partial charge in [-0.15, -0.1) is 0 Å². The van der Waals surface area contributed by atoms with Crippen LogP contribution in [0.15, 0.2) is 42.7 Å². The molecule has 1 aromatic heterocycles. The average Bonchev–Trinajstić information content (AvgIpc) is 2.77. The van der Waals surface area contributed by atoms with E-state index in [0.29, 0.717) is 6.04 Å². The molecule has 2 aromatic rings. The van der Waals surface area contributed by atoms with E-state index in [2.05, 4.69) is 73.4 Å². The number of benzene rings is 1. The van der Waals surface area contributed by atoms with Gasteiger partial charge < -0.3 is 9.88 Å². The van der Waals surface area contributed by atoms with Gasteiger partial charge in [0.05, 0.1) is 0 Å². The highest BCUT2D eigenvalue weighted by Crippen LogP contribution is 2.10. The smallest absolute Gasteiger partial charge is 0.0472 e. The molecule has 0 amide bonds. The molecule has 0 aliphatic heterocycles. The molecule has 1 aromatic carbocycles. The number of aryl methyl sites for hydroxylation is 1. The molecule has 18 heavy (non-hydrogen) atoms. The van der Waals surface area contributed by atoms with Crippen LogP contribution in [0.5, 0.6) is 0 Å². The summed E-state index contributed by atoms with van der Waals surface area (Å²) in [6.07, 6.45) is 4.38. The van der Waals surface area contributed by atoms with Gasteiger partial charge in [0.2, 0.25) is 0 Å². The summed E-state index contributed by atoms with van der Waals surface area (Å²) in [4.78, 5) is 0. The zero-order valence-corrected chi connectivity index (χ0v) is 11.5. The second-order valence-corrected chi connectivity index (χ2v) is 5.15. The third kappa shape index (κ3) is 3.47. The zero-order chi connectivity index (χ0) is 13.0. The second-order valence-electron chi connectivity index (χ2n) is 5.15. The maximum Gasteiger partial charge on any atom is 0.0472 e. The van der Waals surface area contributed by atoms with Gasteiger partial charge in [-0.05, 0) is 29.7 Å². The second kappa shape index (κ2) is 5.87. The molecule has 0 saturated heterocycles. The lowest BCUT2D eigenvalue weighted by Crippen LogP contribution is -2.21. The summed E-state index contributed by atoms with van der Waals surface area (Å²) in [5.74, 6) is 0. The van der Waals surface area contributed by atoms with Gasteiger partial charge in [-0.3, -0.25) is 0 Å². The summed E-state index contributed by atoms with van der Waals surface area (Å²) in [6.45, 7) is 8.40. The van der Waals surface area contributed by atoms with E-state index in [1.54, 1.807) is 0 Å². The minimum absolute atomic E-state index is 0.532. The maximum absolute atomic E-state index is 3.44. The molecule has 0 saturated carbocycles. The first-order chi connectivity index (χ1) is 8.65. The Morgan fingerprint density at radius 1 is 1.17 bits per heavy atom. The Bertz CT molecular complexity index is 497. The van der Waals surface area contributed by atoms with Crippen molar-refractivity contribution in [3.05, 3.63) is 59.4 Å². The molecule has 0 radical (unpaired) electrons. The highest BCUT2D eigenvalue weighted by Gasteiger charge is 2.01. The molecule has 0 spiro atoms. The van der Waals surface area contributed by atoms with Crippen LogP contribution >= 0.6 is 0 Å². The molecule has 0 atom stereocenters. The quantitative estimate of drug-likeness (QED) is 0.851. The Balaban J connectivity index is 2.00. The normalized spacial score (nSPS) is 11.1. The number of nitrogens with zero attached hydrogens (tertiary/aromatic N) is 1. The Kier molecular flexibility index (Phi) is 4.21. The van der Waals surface area contributed by atoms with Crippen molar-refractivity contribution in [1.82, 2.24) is 9.88 Å². The average molecular weight is 242 g/mol. The minimum Gasteiger partial charge on any atom is -0.350 e. The number of rotatable bonds is 5. The topological polar surface area (TPSA) is 17.0 Å². The summed E-state index contributed by atoms with van der Waals surface area (Å²) in [6, 6.07) is 11.3. The van der Waals surface area contributed by atoms with Crippen LogP contribution in [0.1, 0.15) is 30.5 Å². The number of hydrogen-bond donors (Lipinski definition) is 1. The Labute approximate surface area is 110 Å². The predicted octanol–water partition coefficient (Wildman–Crippen LogP) is 3.34. The van der Waals surface area contributed by atoms with Crippen molar-refractivity contribution < 1.29 is 0 Å². The van der Waals surface area contributed by atoms with Gasteiger partial charge >= 0.3 is 0 Å². The van der Waals surface area contributed by atoms with Crippen LogP contribution in [0.4, 0.5) is 0 Å². The van der Waals surface area contributed by atoms with E-state index in [-0.39, 0.29) is 0 Å². The predicted molar refractivity (Wildman–Crippen MR) is 76.7 cm³/mol. The first kappa shape index (κ1) is 12.9. The van der Waals surface area contributed by atoms with E-state index in [4.69, 9.17) is 0 Å². The highest BCUT2D eigenvalue weighted by molar-refractivity contribution is 5.26. The van der Waals surface area contributed by atoms with Gasteiger partial charge in [0.1, 0.15) is 0 Å². The lowest BCUT2D eigenvalue weighted by Gasteiger charge is -2.07. The van der Waals surface area contributed by atoms with Gasteiger partial charge in [-0.2, -0.15) is 0 Å². The standard InChI is InChI=1S/C16H22N2/c1-13(2)17-10-15-8-9-18(11-15)12-16-7-5-4-6-14(16)3/h4-9,11,13,17H,10,12H2,1-3H3. The molecule has 1 N–H and O–H groups in total. The van der Waals surface area contributed by atoms with Gasteiger partial charge in [0.25, 0.3) is 0 Å². The summed E-state index contributed by atoms with van der Waals surface area (Å²) >= 11 is 0. The Hall–Kier alpha value is -1.54. The first-order valence-corrected chi connectivity index (χ1v) is 6.57. The van der Waals surface area contributed by atoms with Crippen molar-refractivity contribution in [2.75, 3.05) is 0 Å². The lowest BCUT2D eigenvalue weighted by atomic mass is 10.1. The fraction of sp³-hybridized carbons (Fsp3) is 0.375. The van der Waals surface area contributed by atoms with Crippen molar-refractivity contribution in [2.24, 2.45) is 0 Å². The van der Waals surface area contributed by atoms with Crippen molar-refractivity contribution in [1.29, 1.82) is 0 Å². The van der Waals surface area contributed by atoms with Crippen LogP contribution in [0, 0.1) is 6.92 Å². The van der Waals surface area contributed by atoms with E-state index >= 15 is 0 Å². The zero-order valence-electron chi connectivity index (χ0n) is 11.5. The third-order valence-electron chi connectivity index (χ3n) is 3.14. The molecule has 96 valence electrons. The summed E-state index contributed by atoms with van der Waals surface area (Å²) in [5.41, 5.74) is 4.09. The van der Waals surface area contributed by atoms with Crippen LogP contribution in [-0.2, 0) is 13.1 Å². The molecule has 2 heteroatoms. The number of hydrogen-bond acceptors (Lipinski definition) is 1. The van der Waals surface area contributed by atoms with Gasteiger partial charge in [0, 0.05) is 31.5 Å². The van der Waals surface area contributed by atoms with Crippen molar-refractivity contribution in [3.63, 3.8) is 0 Å². The van der Waals surface area contributed by atoms with E-state index in [1.807, 2.05) is 0 Å². The fourth-order valence-electron chi connectivity index (χ4n) is 2.00. The van der Waals surface area contributed by atoms with E-state index in [1.165, 1.54) is 16.7 Å². The van der Waals surface area contributed by atoms with Crippen LogP contribution < -0.4 is 5.32 Å². The fourth-order valence-corrected chi connectivity index (χ4v) is 2.00. The SMILES string of the molecule is Cc1ccccc1Cn1ccc(CNC(C)C)c1. The highest BCUT2D eigenvalue weighted by atomic mass is 14.9. The largest absolute Gasteiger partial charge is 0.350 e. The third-order valence-corrected chi connectivity index (χ3v) is 3.14. The van der Waals surface area contributed by atoms with Gasteiger partial charge in [-0.25, -0.2) is 0 Å². The van der Waals surface area contributed by atoms with Crippen LogP contribution in [-0.4, -0.2) is 10.6 Å². The molecule has 0 aliphatic rings. The summed E-state index contributed by atoms with van der Waals surface area (Å²) in [5, 5.41) is 3.44. The molecule has 0 fully saturated rings. The molecule has 0 aliphatic carbocycles. The number of nitrogens with one attached hydrogen (secondary N) is 1. The van der Waals surface area contributed by atoms with E-state index in [9.17, 15) is 0 Å². The molecule has 0 unspecified atom stereocenters. The monoisotopic (exact) mass is 242 g/mol. The van der Waals surface area contributed by atoms with Gasteiger partial charge in [-0.1, -0.05) is 38.1 Å². The molecular weight excluding hydrogens is 220 g/mol. The Morgan fingerprint density at radius 2 is 1.94 bits per heavy atom. The molecule has 0 bridgehead atoms. The van der Waals surface area contributed by atoms with Crippen molar-refractivity contribution in [2.45, 2.75) is 39.9 Å². The maximum atomic E-state index is 3.44. The Morgan fingerprint density at radius 3 is 2.67 bits per heavy atom. The van der Waals surface area contributed by atoms with Crippen LogP contribution in [0.2, 0.25) is 0 Å². The number of aromatic nitrogens is 1. The molecule has 2 nitrogen and oxygen atoms in total. The van der Waals surface area contributed by atoms with Crippen LogP contribution in [0.3, 0.4) is 0 Å². The first-order valence-electron chi connectivity index (χ1n) is 6.57. The summed E-state index contributed by atoms with van der Waals surface area (Å²) < 4.78 is 2.25. The lowest BCUT2D eigenvalue weighted by molar-refractivity contribution is 0.588. The molecular formula is C16H22N2. The van der Waals surface area contributed by atoms with E-state index < -0.39 is 0 Å². The van der Waals surface area contributed by atoms with Gasteiger partial charge in [0.15, 0.2) is 0 Å². The van der Waals surface area contributed by atoms with Crippen molar-refractivity contribution >= 4 is 0 Å². The molecule has 2 rings (SSSR count). The van der Waals surface area contributed by atoms with Crippen LogP contribution in [0.25, 0.3) is 0 Å². The summed E-state index contributed by atoms with van der Waals surface area (Å²) in [7, 11) is 0. The minimum atomic E-state index is 0.532. The van der Waals surface area contributed by atoms with E-state index in [0.717, 1.165) is 13.1 Å². The molecule has 1 heterocycles. The van der Waals surface area contributed by atoms with Crippen molar-refractivity contribution in [3.8, 4) is 0 Å².